The van der Waals surface area contributed by atoms with Gasteiger partial charge in [0.2, 0.25) is 0 Å². The van der Waals surface area contributed by atoms with Crippen molar-refractivity contribution in [3.05, 3.63) is 59.7 Å². The number of halogens is 2. The molecule has 0 saturated heterocycles. The topological polar surface area (TPSA) is 47.8 Å². The molecule has 6 heteroatoms. The number of carbonyl (C=O) groups excluding carboxylic acids is 1. The molecule has 3 rings (SSSR count). The van der Waals surface area contributed by atoms with Crippen LogP contribution in [-0.4, -0.2) is 20.0 Å². The van der Waals surface area contributed by atoms with Crippen molar-refractivity contribution in [3.63, 3.8) is 0 Å². The van der Waals surface area contributed by atoms with Gasteiger partial charge < -0.3 is 0 Å². The molecule has 3 aromatic rings. The van der Waals surface area contributed by atoms with Crippen molar-refractivity contribution in [2.24, 2.45) is 0 Å². The maximum Gasteiger partial charge on any atom is 0.273 e. The van der Waals surface area contributed by atoms with E-state index in [0.717, 1.165) is 0 Å². The third-order valence-corrected chi connectivity index (χ3v) is 3.15. The fourth-order valence-corrected chi connectivity index (χ4v) is 2.19. The van der Waals surface area contributed by atoms with E-state index in [2.05, 4.69) is 10.1 Å². The van der Waals surface area contributed by atoms with Crippen molar-refractivity contribution >= 4 is 27.9 Å². The first-order chi connectivity index (χ1) is 9.66. The Morgan fingerprint density at radius 1 is 1.25 bits per heavy atom. The van der Waals surface area contributed by atoms with Gasteiger partial charge in [-0.05, 0) is 29.8 Å². The molecule has 0 unspecified atom stereocenters. The number of nitrogens with zero attached hydrogens (tertiary/aromatic N) is 3. The predicted molar refractivity (Wildman–Crippen MR) is 73.2 cm³/mol. The zero-order valence-corrected chi connectivity index (χ0v) is 11.0. The van der Waals surface area contributed by atoms with E-state index in [0.29, 0.717) is 16.6 Å². The minimum absolute atomic E-state index is 0.131. The second-order valence-corrected chi connectivity index (χ2v) is 4.59. The van der Waals surface area contributed by atoms with Crippen molar-refractivity contribution in [1.82, 2.24) is 14.8 Å². The highest BCUT2D eigenvalue weighted by molar-refractivity contribution is 6.68. The molecule has 0 bridgehead atoms. The van der Waals surface area contributed by atoms with Crippen molar-refractivity contribution < 1.29 is 9.18 Å². The van der Waals surface area contributed by atoms with Crippen LogP contribution in [0.3, 0.4) is 0 Å². The number of hydrogen-bond donors (Lipinski definition) is 0. The molecule has 1 aromatic carbocycles. The normalized spacial score (nSPS) is 10.9. The van der Waals surface area contributed by atoms with Gasteiger partial charge in [0.15, 0.2) is 11.3 Å². The van der Waals surface area contributed by atoms with Gasteiger partial charge in [-0.1, -0.05) is 18.2 Å². The Labute approximate surface area is 118 Å². The second kappa shape index (κ2) is 5.02. The van der Waals surface area contributed by atoms with Crippen molar-refractivity contribution in [3.8, 4) is 0 Å². The van der Waals surface area contributed by atoms with E-state index in [1.807, 2.05) is 0 Å². The highest BCUT2D eigenvalue weighted by Gasteiger charge is 2.16. The Balaban J connectivity index is 2.13. The lowest BCUT2D eigenvalue weighted by Gasteiger charge is -2.04. The summed E-state index contributed by atoms with van der Waals surface area (Å²) in [5.74, 6) is -0.328. The van der Waals surface area contributed by atoms with Crippen molar-refractivity contribution in [1.29, 1.82) is 0 Å². The van der Waals surface area contributed by atoms with Crippen molar-refractivity contribution in [2.45, 2.75) is 6.54 Å². The third kappa shape index (κ3) is 2.16. The van der Waals surface area contributed by atoms with Crippen molar-refractivity contribution in [2.75, 3.05) is 0 Å². The molecule has 4 nitrogen and oxygen atoms in total. The summed E-state index contributed by atoms with van der Waals surface area (Å²) in [4.78, 5) is 15.6. The van der Waals surface area contributed by atoms with Gasteiger partial charge in [0.25, 0.3) is 5.24 Å². The molecular formula is C14H9ClFN3O. The average molecular weight is 290 g/mol. The monoisotopic (exact) mass is 289 g/mol. The summed E-state index contributed by atoms with van der Waals surface area (Å²) >= 11 is 5.51. The van der Waals surface area contributed by atoms with Crippen LogP contribution < -0.4 is 0 Å². The Morgan fingerprint density at radius 3 is 2.80 bits per heavy atom. The van der Waals surface area contributed by atoms with E-state index in [1.54, 1.807) is 36.5 Å². The van der Waals surface area contributed by atoms with Gasteiger partial charge in [0, 0.05) is 11.8 Å². The lowest BCUT2D eigenvalue weighted by Crippen LogP contribution is -2.05. The molecular weight excluding hydrogens is 281 g/mol. The van der Waals surface area contributed by atoms with E-state index in [4.69, 9.17) is 11.6 Å². The molecule has 0 amide bonds. The molecule has 20 heavy (non-hydrogen) atoms. The molecule has 0 aliphatic carbocycles. The van der Waals surface area contributed by atoms with Gasteiger partial charge >= 0.3 is 0 Å². The Morgan fingerprint density at radius 2 is 2.05 bits per heavy atom. The molecule has 2 heterocycles. The summed E-state index contributed by atoms with van der Waals surface area (Å²) in [5, 5.41) is 4.03. The number of aromatic nitrogens is 3. The molecule has 0 aliphatic rings. The SMILES string of the molecule is O=C(Cl)c1nn(Cc2ccccc2F)c2ncccc12. The molecule has 0 aliphatic heterocycles. The Bertz CT molecular complexity index is 800. The number of benzene rings is 1. The minimum Gasteiger partial charge on any atom is -0.274 e. The van der Waals surface area contributed by atoms with E-state index in [1.165, 1.54) is 10.7 Å². The van der Waals surface area contributed by atoms with Gasteiger partial charge in [-0.3, -0.25) is 4.79 Å². The van der Waals surface area contributed by atoms with Gasteiger partial charge in [-0.2, -0.15) is 5.10 Å². The summed E-state index contributed by atoms with van der Waals surface area (Å²) in [6, 6.07) is 9.80. The van der Waals surface area contributed by atoms with Crippen LogP contribution in [0.2, 0.25) is 0 Å². The summed E-state index contributed by atoms with van der Waals surface area (Å²) in [6.45, 7) is 0.185. The smallest absolute Gasteiger partial charge is 0.273 e. The molecule has 2 aromatic heterocycles. The Hall–Kier alpha value is -2.27. The lowest BCUT2D eigenvalue weighted by atomic mass is 10.2. The summed E-state index contributed by atoms with van der Waals surface area (Å²) in [6.07, 6.45) is 1.59. The first-order valence-corrected chi connectivity index (χ1v) is 6.29. The maximum absolute atomic E-state index is 13.7. The van der Waals surface area contributed by atoms with Gasteiger partial charge in [0.05, 0.1) is 11.9 Å². The molecule has 0 N–H and O–H groups in total. The van der Waals surface area contributed by atoms with Crippen LogP contribution in [0.15, 0.2) is 42.6 Å². The summed E-state index contributed by atoms with van der Waals surface area (Å²) in [5.41, 5.74) is 1.10. The van der Waals surface area contributed by atoms with E-state index >= 15 is 0 Å². The molecule has 0 spiro atoms. The molecule has 0 atom stereocenters. The highest BCUT2D eigenvalue weighted by atomic mass is 35.5. The quantitative estimate of drug-likeness (QED) is 0.696. The van der Waals surface area contributed by atoms with Crippen LogP contribution in [0, 0.1) is 5.82 Å². The zero-order chi connectivity index (χ0) is 14.1. The number of fused-ring (bicyclic) bond motifs is 1. The van der Waals surface area contributed by atoms with Gasteiger partial charge in [0.1, 0.15) is 5.82 Å². The molecule has 100 valence electrons. The summed E-state index contributed by atoms with van der Waals surface area (Å²) in [7, 11) is 0. The number of hydrogen-bond acceptors (Lipinski definition) is 3. The zero-order valence-electron chi connectivity index (χ0n) is 10.3. The Kier molecular flexibility index (Phi) is 3.20. The third-order valence-electron chi connectivity index (χ3n) is 2.97. The van der Waals surface area contributed by atoms with E-state index < -0.39 is 5.24 Å². The summed E-state index contributed by atoms with van der Waals surface area (Å²) < 4.78 is 15.2. The first-order valence-electron chi connectivity index (χ1n) is 5.91. The minimum atomic E-state index is -0.657. The van der Waals surface area contributed by atoms with Crippen LogP contribution >= 0.6 is 11.6 Å². The fourth-order valence-electron chi connectivity index (χ4n) is 2.05. The van der Waals surface area contributed by atoms with E-state index in [9.17, 15) is 9.18 Å². The standard InChI is InChI=1S/C14H9ClFN3O/c15-13(20)12-10-5-3-7-17-14(10)19(18-12)8-9-4-1-2-6-11(9)16/h1-7H,8H2. The second-order valence-electron chi connectivity index (χ2n) is 4.25. The fraction of sp³-hybridized carbons (Fsp3) is 0.0714. The van der Waals surface area contributed by atoms with Crippen LogP contribution in [0.4, 0.5) is 4.39 Å². The van der Waals surface area contributed by atoms with Crippen LogP contribution in [0.1, 0.15) is 16.1 Å². The molecule has 0 fully saturated rings. The number of carbonyl (C=O) groups is 1. The average Bonchev–Trinajstić information content (AvgIpc) is 2.81. The van der Waals surface area contributed by atoms with Crippen LogP contribution in [0.5, 0.6) is 0 Å². The molecule has 0 saturated carbocycles. The van der Waals surface area contributed by atoms with Gasteiger partial charge in [-0.15, -0.1) is 0 Å². The van der Waals surface area contributed by atoms with Crippen LogP contribution in [-0.2, 0) is 6.54 Å². The predicted octanol–water partition coefficient (Wildman–Crippen LogP) is 3.00. The highest BCUT2D eigenvalue weighted by Crippen LogP contribution is 2.19. The maximum atomic E-state index is 13.7. The van der Waals surface area contributed by atoms with Gasteiger partial charge in [-0.25, -0.2) is 14.1 Å². The van der Waals surface area contributed by atoms with Crippen LogP contribution in [0.25, 0.3) is 11.0 Å². The van der Waals surface area contributed by atoms with E-state index in [-0.39, 0.29) is 18.1 Å². The number of rotatable bonds is 3. The lowest BCUT2D eigenvalue weighted by molar-refractivity contribution is 0.107. The largest absolute Gasteiger partial charge is 0.274 e. The number of pyridine rings is 1. The molecule has 0 radical (unpaired) electrons. The first kappa shape index (κ1) is 12.7.